The fourth-order valence-electron chi connectivity index (χ4n) is 4.54. The summed E-state index contributed by atoms with van der Waals surface area (Å²) >= 11 is 0. The van der Waals surface area contributed by atoms with Gasteiger partial charge in [-0.2, -0.15) is 0 Å². The molecule has 3 atom stereocenters. The number of ether oxygens (including phenoxy) is 1. The Bertz CT molecular complexity index is 1290. The van der Waals surface area contributed by atoms with Crippen LogP contribution in [0.1, 0.15) is 50.0 Å². The van der Waals surface area contributed by atoms with Crippen molar-refractivity contribution in [2.24, 2.45) is 18.9 Å². The summed E-state index contributed by atoms with van der Waals surface area (Å²) in [6, 6.07) is 12.7. The zero-order chi connectivity index (χ0) is 26.5. The summed E-state index contributed by atoms with van der Waals surface area (Å²) in [7, 11) is 1.64. The van der Waals surface area contributed by atoms with Crippen LogP contribution in [0.2, 0.25) is 0 Å². The highest BCUT2D eigenvalue weighted by Gasteiger charge is 2.36. The van der Waals surface area contributed by atoms with E-state index in [1.54, 1.807) is 33.0 Å². The topological polar surface area (TPSA) is 148 Å². The van der Waals surface area contributed by atoms with E-state index in [-0.39, 0.29) is 5.91 Å². The molecular weight excluding hydrogens is 476 g/mol. The SMILES string of the molecule is Cc1nc(-c2nnn(C)c2NC(=O)O[C@H](C)c2ccccc2)ccc1NC(=O)C1CCCCC1C(=O)O. The molecule has 1 aromatic carbocycles. The number of benzene rings is 1. The van der Waals surface area contributed by atoms with Crippen LogP contribution < -0.4 is 10.6 Å². The number of hydrogen-bond donors (Lipinski definition) is 3. The van der Waals surface area contributed by atoms with Gasteiger partial charge in [-0.1, -0.05) is 48.4 Å². The molecule has 2 amide bonds. The van der Waals surface area contributed by atoms with Crippen LogP contribution in [-0.4, -0.2) is 43.1 Å². The van der Waals surface area contributed by atoms with Crippen LogP contribution >= 0.6 is 0 Å². The Morgan fingerprint density at radius 3 is 2.43 bits per heavy atom. The van der Waals surface area contributed by atoms with Gasteiger partial charge in [0.15, 0.2) is 11.5 Å². The molecule has 3 aromatic rings. The maximum Gasteiger partial charge on any atom is 0.413 e. The third kappa shape index (κ3) is 5.93. The summed E-state index contributed by atoms with van der Waals surface area (Å²) in [6.45, 7) is 3.51. The Hall–Kier alpha value is -4.28. The number of aryl methyl sites for hydroxylation is 2. The first-order valence-corrected chi connectivity index (χ1v) is 12.2. The number of rotatable bonds is 7. The summed E-state index contributed by atoms with van der Waals surface area (Å²) in [5, 5.41) is 23.2. The van der Waals surface area contributed by atoms with Gasteiger partial charge in [0, 0.05) is 7.05 Å². The van der Waals surface area contributed by atoms with Gasteiger partial charge in [-0.25, -0.2) is 14.5 Å². The number of pyridine rings is 1. The molecule has 0 spiro atoms. The number of nitrogens with zero attached hydrogens (tertiary/aromatic N) is 4. The van der Waals surface area contributed by atoms with Gasteiger partial charge < -0.3 is 15.2 Å². The summed E-state index contributed by atoms with van der Waals surface area (Å²) < 4.78 is 6.90. The molecule has 0 aliphatic heterocycles. The Labute approximate surface area is 214 Å². The van der Waals surface area contributed by atoms with Crippen LogP contribution in [0.25, 0.3) is 11.4 Å². The molecule has 2 aromatic heterocycles. The van der Waals surface area contributed by atoms with Crippen molar-refractivity contribution in [2.75, 3.05) is 10.6 Å². The van der Waals surface area contributed by atoms with Crippen molar-refractivity contribution in [3.8, 4) is 11.4 Å². The number of aromatic nitrogens is 4. The summed E-state index contributed by atoms with van der Waals surface area (Å²) in [5.74, 6) is -2.21. The number of carboxylic acids is 1. The monoisotopic (exact) mass is 506 g/mol. The van der Waals surface area contributed by atoms with E-state index in [2.05, 4.69) is 25.9 Å². The Morgan fingerprint density at radius 2 is 1.76 bits per heavy atom. The summed E-state index contributed by atoms with van der Waals surface area (Å²) in [6.07, 6.45) is 1.55. The maximum absolute atomic E-state index is 12.9. The first-order valence-electron chi connectivity index (χ1n) is 12.2. The van der Waals surface area contributed by atoms with Gasteiger partial charge >= 0.3 is 12.1 Å². The van der Waals surface area contributed by atoms with E-state index < -0.39 is 30.0 Å². The van der Waals surface area contributed by atoms with Crippen LogP contribution in [0.15, 0.2) is 42.5 Å². The van der Waals surface area contributed by atoms with Crippen molar-refractivity contribution in [3.63, 3.8) is 0 Å². The predicted octanol–water partition coefficient (Wildman–Crippen LogP) is 4.32. The molecule has 0 saturated heterocycles. The second-order valence-corrected chi connectivity index (χ2v) is 9.15. The zero-order valence-corrected chi connectivity index (χ0v) is 21.0. The average Bonchev–Trinajstić information content (AvgIpc) is 3.25. The average molecular weight is 507 g/mol. The lowest BCUT2D eigenvalue weighted by atomic mass is 9.78. The number of nitrogens with one attached hydrogen (secondary N) is 2. The number of anilines is 2. The second kappa shape index (κ2) is 11.2. The zero-order valence-electron chi connectivity index (χ0n) is 21.0. The molecule has 37 heavy (non-hydrogen) atoms. The molecule has 2 unspecified atom stereocenters. The Morgan fingerprint density at radius 1 is 1.05 bits per heavy atom. The van der Waals surface area contributed by atoms with Crippen LogP contribution in [0.5, 0.6) is 0 Å². The van der Waals surface area contributed by atoms with Crippen LogP contribution in [0, 0.1) is 18.8 Å². The third-order valence-electron chi connectivity index (χ3n) is 6.61. The molecule has 1 fully saturated rings. The number of hydrogen-bond acceptors (Lipinski definition) is 7. The molecule has 11 heteroatoms. The fourth-order valence-corrected chi connectivity index (χ4v) is 4.54. The van der Waals surface area contributed by atoms with Crippen molar-refractivity contribution < 1.29 is 24.2 Å². The molecule has 4 rings (SSSR count). The molecule has 1 aliphatic carbocycles. The second-order valence-electron chi connectivity index (χ2n) is 9.15. The first kappa shape index (κ1) is 25.8. The molecule has 194 valence electrons. The van der Waals surface area contributed by atoms with Crippen LogP contribution in [0.4, 0.5) is 16.3 Å². The van der Waals surface area contributed by atoms with Gasteiger partial charge in [-0.3, -0.25) is 14.9 Å². The molecular formula is C26H30N6O5. The van der Waals surface area contributed by atoms with Gasteiger partial charge in [0.1, 0.15) is 6.10 Å². The largest absolute Gasteiger partial charge is 0.481 e. The number of amides is 2. The fraction of sp³-hybridized carbons (Fsp3) is 0.385. The van der Waals surface area contributed by atoms with E-state index in [0.29, 0.717) is 41.4 Å². The van der Waals surface area contributed by atoms with Crippen molar-refractivity contribution >= 4 is 29.5 Å². The van der Waals surface area contributed by atoms with Crippen molar-refractivity contribution in [2.45, 2.75) is 45.6 Å². The molecule has 1 aliphatic rings. The maximum atomic E-state index is 12.9. The normalized spacial score (nSPS) is 18.0. The van der Waals surface area contributed by atoms with E-state index in [9.17, 15) is 19.5 Å². The Kier molecular flexibility index (Phi) is 7.80. The van der Waals surface area contributed by atoms with E-state index in [1.807, 2.05) is 30.3 Å². The molecule has 11 nitrogen and oxygen atoms in total. The smallest absolute Gasteiger partial charge is 0.413 e. The van der Waals surface area contributed by atoms with Crippen molar-refractivity contribution in [1.29, 1.82) is 0 Å². The van der Waals surface area contributed by atoms with Crippen molar-refractivity contribution in [1.82, 2.24) is 20.0 Å². The predicted molar refractivity (Wildman–Crippen MR) is 136 cm³/mol. The number of carboxylic acid groups (broad SMARTS) is 1. The van der Waals surface area contributed by atoms with Gasteiger partial charge in [0.2, 0.25) is 5.91 Å². The van der Waals surface area contributed by atoms with Crippen LogP contribution in [0.3, 0.4) is 0 Å². The Balaban J connectivity index is 1.47. The van der Waals surface area contributed by atoms with E-state index in [0.717, 1.165) is 18.4 Å². The molecule has 1 saturated carbocycles. The quantitative estimate of drug-likeness (QED) is 0.429. The highest BCUT2D eigenvalue weighted by molar-refractivity contribution is 5.96. The molecule has 0 radical (unpaired) electrons. The van der Waals surface area contributed by atoms with Gasteiger partial charge in [-0.05, 0) is 44.4 Å². The number of aliphatic carboxylic acids is 1. The van der Waals surface area contributed by atoms with E-state index >= 15 is 0 Å². The highest BCUT2D eigenvalue weighted by atomic mass is 16.6. The van der Waals surface area contributed by atoms with Crippen molar-refractivity contribution in [3.05, 3.63) is 53.7 Å². The minimum Gasteiger partial charge on any atom is -0.481 e. The van der Waals surface area contributed by atoms with E-state index in [4.69, 9.17) is 4.74 Å². The summed E-state index contributed by atoms with van der Waals surface area (Å²) in [5.41, 5.74) is 2.64. The lowest BCUT2D eigenvalue weighted by Gasteiger charge is -2.27. The lowest BCUT2D eigenvalue weighted by molar-refractivity contribution is -0.147. The lowest BCUT2D eigenvalue weighted by Crippen LogP contribution is -2.36. The summed E-state index contributed by atoms with van der Waals surface area (Å²) in [4.78, 5) is 41.6. The third-order valence-corrected chi connectivity index (χ3v) is 6.61. The number of carbonyl (C=O) groups excluding carboxylic acids is 2. The molecule has 0 bridgehead atoms. The molecule has 3 N–H and O–H groups in total. The van der Waals surface area contributed by atoms with E-state index in [1.165, 1.54) is 4.68 Å². The highest BCUT2D eigenvalue weighted by Crippen LogP contribution is 2.32. The molecule has 2 heterocycles. The number of carbonyl (C=O) groups is 3. The van der Waals surface area contributed by atoms with Gasteiger partial charge in [0.25, 0.3) is 0 Å². The first-order chi connectivity index (χ1) is 17.7. The van der Waals surface area contributed by atoms with Gasteiger partial charge in [-0.15, -0.1) is 5.10 Å². The standard InChI is InChI=1S/C26H30N6O5/c1-15-20(28-24(33)18-11-7-8-12-19(18)25(34)35)13-14-21(27-15)22-23(32(3)31-30-22)29-26(36)37-16(2)17-9-5-4-6-10-17/h4-6,9-10,13-14,16,18-19H,7-8,11-12H2,1-3H3,(H,28,33)(H,29,36)(H,34,35)/t16-,18?,19?/m1/s1. The van der Waals surface area contributed by atoms with Gasteiger partial charge in [0.05, 0.1) is 28.9 Å². The minimum absolute atomic E-state index is 0.306. The minimum atomic E-state index is -0.940. The van der Waals surface area contributed by atoms with Crippen LogP contribution in [-0.2, 0) is 21.4 Å².